The van der Waals surface area contributed by atoms with Gasteiger partial charge in [0.2, 0.25) is 0 Å². The molecule has 0 radical (unpaired) electrons. The molecule has 0 saturated carbocycles. The normalized spacial score (nSPS) is 25.9. The number of fused-ring (bicyclic) bond motifs is 2. The van der Waals surface area contributed by atoms with Gasteiger partial charge >= 0.3 is 0 Å². The maximum atomic E-state index is 5.90. The third kappa shape index (κ3) is 2.77. The van der Waals surface area contributed by atoms with Gasteiger partial charge < -0.3 is 15.0 Å². The second-order valence-electron chi connectivity index (χ2n) is 5.75. The van der Waals surface area contributed by atoms with E-state index >= 15 is 0 Å². The van der Waals surface area contributed by atoms with Gasteiger partial charge in [0, 0.05) is 25.3 Å². The van der Waals surface area contributed by atoms with Crippen LogP contribution in [-0.2, 0) is 11.3 Å². The molecule has 1 aromatic carbocycles. The largest absolute Gasteiger partial charge is 0.371 e. The summed E-state index contributed by atoms with van der Waals surface area (Å²) in [5.74, 6) is 0. The van der Waals surface area contributed by atoms with E-state index in [9.17, 15) is 0 Å². The lowest BCUT2D eigenvalue weighted by Crippen LogP contribution is -2.42. The first-order chi connectivity index (χ1) is 9.26. The van der Waals surface area contributed by atoms with Gasteiger partial charge in [-0.3, -0.25) is 0 Å². The van der Waals surface area contributed by atoms with Crippen LogP contribution in [0, 0.1) is 6.92 Å². The molecule has 2 unspecified atom stereocenters. The number of rotatable bonds is 4. The van der Waals surface area contributed by atoms with Gasteiger partial charge in [0.05, 0.1) is 12.2 Å². The number of hydrogen-bond acceptors (Lipinski definition) is 3. The van der Waals surface area contributed by atoms with Crippen molar-refractivity contribution in [3.05, 3.63) is 29.3 Å². The predicted molar refractivity (Wildman–Crippen MR) is 78.7 cm³/mol. The number of ether oxygens (including phenoxy) is 1. The maximum absolute atomic E-state index is 5.90. The van der Waals surface area contributed by atoms with Gasteiger partial charge in [0.15, 0.2) is 0 Å². The van der Waals surface area contributed by atoms with Crippen molar-refractivity contribution in [2.75, 3.05) is 24.5 Å². The zero-order valence-electron chi connectivity index (χ0n) is 12.0. The number of nitrogens with zero attached hydrogens (tertiary/aromatic N) is 1. The molecule has 3 heteroatoms. The van der Waals surface area contributed by atoms with E-state index in [1.165, 1.54) is 29.7 Å². The molecule has 2 aliphatic rings. The van der Waals surface area contributed by atoms with Crippen molar-refractivity contribution in [3.63, 3.8) is 0 Å². The van der Waals surface area contributed by atoms with Crippen molar-refractivity contribution in [2.45, 2.75) is 45.4 Å². The summed E-state index contributed by atoms with van der Waals surface area (Å²) in [6.07, 6.45) is 3.39. The lowest BCUT2D eigenvalue weighted by atomic mass is 10.1. The molecule has 0 spiro atoms. The Kier molecular flexibility index (Phi) is 3.76. The molecule has 2 fully saturated rings. The number of hydrogen-bond donors (Lipinski definition) is 1. The maximum Gasteiger partial charge on any atom is 0.0755 e. The van der Waals surface area contributed by atoms with Crippen molar-refractivity contribution >= 4 is 5.69 Å². The molecule has 2 atom stereocenters. The van der Waals surface area contributed by atoms with Gasteiger partial charge in [-0.25, -0.2) is 0 Å². The Morgan fingerprint density at radius 2 is 2.00 bits per heavy atom. The predicted octanol–water partition coefficient (Wildman–Crippen LogP) is 2.47. The van der Waals surface area contributed by atoms with E-state index in [0.29, 0.717) is 12.2 Å². The Labute approximate surface area is 115 Å². The van der Waals surface area contributed by atoms with Gasteiger partial charge in [-0.05, 0) is 49.6 Å². The molecule has 2 aliphatic heterocycles. The molecule has 104 valence electrons. The van der Waals surface area contributed by atoms with Crippen molar-refractivity contribution in [1.29, 1.82) is 0 Å². The lowest BCUT2D eigenvalue weighted by molar-refractivity contribution is 0.0305. The summed E-state index contributed by atoms with van der Waals surface area (Å²) >= 11 is 0. The first-order valence-electron chi connectivity index (χ1n) is 7.47. The fraction of sp³-hybridized carbons (Fsp3) is 0.625. The highest BCUT2D eigenvalue weighted by Crippen LogP contribution is 2.30. The Morgan fingerprint density at radius 1 is 1.26 bits per heavy atom. The van der Waals surface area contributed by atoms with Crippen molar-refractivity contribution < 1.29 is 4.74 Å². The van der Waals surface area contributed by atoms with E-state index in [1.54, 1.807) is 0 Å². The van der Waals surface area contributed by atoms with Crippen LogP contribution in [0.1, 0.15) is 30.9 Å². The van der Waals surface area contributed by atoms with Crippen LogP contribution in [0.5, 0.6) is 0 Å². The summed E-state index contributed by atoms with van der Waals surface area (Å²) in [6.45, 7) is 8.47. The number of nitrogens with one attached hydrogen (secondary N) is 1. The second kappa shape index (κ2) is 5.51. The molecular formula is C16H24N2O. The van der Waals surface area contributed by atoms with Gasteiger partial charge in [-0.1, -0.05) is 13.0 Å². The van der Waals surface area contributed by atoms with Crippen molar-refractivity contribution in [1.82, 2.24) is 5.32 Å². The first-order valence-corrected chi connectivity index (χ1v) is 7.47. The molecule has 3 rings (SSSR count). The quantitative estimate of drug-likeness (QED) is 0.900. The minimum absolute atomic E-state index is 0.459. The molecule has 0 aromatic heterocycles. The Morgan fingerprint density at radius 3 is 2.63 bits per heavy atom. The molecule has 2 saturated heterocycles. The summed E-state index contributed by atoms with van der Waals surface area (Å²) in [5, 5.41) is 3.39. The highest BCUT2D eigenvalue weighted by Gasteiger charge is 2.33. The first kappa shape index (κ1) is 12.9. The third-order valence-electron chi connectivity index (χ3n) is 4.30. The minimum atomic E-state index is 0.459. The van der Waals surface area contributed by atoms with Crippen LogP contribution in [0.25, 0.3) is 0 Å². The third-order valence-corrected chi connectivity index (χ3v) is 4.30. The average Bonchev–Trinajstić information content (AvgIpc) is 2.76. The molecule has 3 nitrogen and oxygen atoms in total. The fourth-order valence-corrected chi connectivity index (χ4v) is 3.16. The summed E-state index contributed by atoms with van der Waals surface area (Å²) in [7, 11) is 0. The Hall–Kier alpha value is -1.06. The molecule has 19 heavy (non-hydrogen) atoms. The zero-order valence-corrected chi connectivity index (χ0v) is 12.0. The average molecular weight is 260 g/mol. The van der Waals surface area contributed by atoms with Gasteiger partial charge in [0.25, 0.3) is 0 Å². The highest BCUT2D eigenvalue weighted by molar-refractivity contribution is 5.51. The summed E-state index contributed by atoms with van der Waals surface area (Å²) < 4.78 is 5.90. The number of benzene rings is 1. The van der Waals surface area contributed by atoms with Crippen LogP contribution >= 0.6 is 0 Å². The topological polar surface area (TPSA) is 24.5 Å². The monoisotopic (exact) mass is 260 g/mol. The molecule has 2 heterocycles. The molecule has 0 aliphatic carbocycles. The molecule has 2 bridgehead atoms. The smallest absolute Gasteiger partial charge is 0.0755 e. The Bertz CT molecular complexity index is 434. The van der Waals surface area contributed by atoms with Crippen LogP contribution in [0.4, 0.5) is 5.69 Å². The number of aryl methyl sites for hydroxylation is 1. The van der Waals surface area contributed by atoms with Crippen LogP contribution in [-0.4, -0.2) is 31.8 Å². The molecule has 1 N–H and O–H groups in total. The van der Waals surface area contributed by atoms with Crippen LogP contribution in [0.3, 0.4) is 0 Å². The van der Waals surface area contributed by atoms with E-state index in [1.807, 2.05) is 0 Å². The SMILES string of the molecule is CCNCc1ccc(N2CC3CCC(C2)O3)cc1C. The van der Waals surface area contributed by atoms with E-state index in [2.05, 4.69) is 42.3 Å². The van der Waals surface area contributed by atoms with Gasteiger partial charge in [-0.2, -0.15) is 0 Å². The van der Waals surface area contributed by atoms with Gasteiger partial charge in [0.1, 0.15) is 0 Å². The van der Waals surface area contributed by atoms with E-state index in [4.69, 9.17) is 4.74 Å². The minimum Gasteiger partial charge on any atom is -0.371 e. The molecule has 1 aromatic rings. The van der Waals surface area contributed by atoms with Crippen LogP contribution in [0.2, 0.25) is 0 Å². The summed E-state index contributed by atoms with van der Waals surface area (Å²) in [5.41, 5.74) is 4.15. The van der Waals surface area contributed by atoms with Crippen LogP contribution in [0.15, 0.2) is 18.2 Å². The van der Waals surface area contributed by atoms with E-state index in [-0.39, 0.29) is 0 Å². The van der Waals surface area contributed by atoms with E-state index < -0.39 is 0 Å². The highest BCUT2D eigenvalue weighted by atomic mass is 16.5. The second-order valence-corrected chi connectivity index (χ2v) is 5.75. The number of morpholine rings is 1. The fourth-order valence-electron chi connectivity index (χ4n) is 3.16. The number of anilines is 1. The Balaban J connectivity index is 1.73. The lowest BCUT2D eigenvalue weighted by Gasteiger charge is -2.34. The molecule has 0 amide bonds. The zero-order chi connectivity index (χ0) is 13.2. The van der Waals surface area contributed by atoms with Crippen molar-refractivity contribution in [3.8, 4) is 0 Å². The van der Waals surface area contributed by atoms with E-state index in [0.717, 1.165) is 26.2 Å². The molecular weight excluding hydrogens is 236 g/mol. The van der Waals surface area contributed by atoms with Gasteiger partial charge in [-0.15, -0.1) is 0 Å². The van der Waals surface area contributed by atoms with Crippen LogP contribution < -0.4 is 10.2 Å². The summed E-state index contributed by atoms with van der Waals surface area (Å²) in [6, 6.07) is 6.87. The van der Waals surface area contributed by atoms with Crippen molar-refractivity contribution in [2.24, 2.45) is 0 Å². The standard InChI is InChI=1S/C16H24N2O/c1-3-17-9-13-4-5-14(8-12(13)2)18-10-15-6-7-16(11-18)19-15/h4-5,8,15-17H,3,6-7,9-11H2,1-2H3. The summed E-state index contributed by atoms with van der Waals surface area (Å²) in [4.78, 5) is 2.50.